The number of alkyl halides is 5. The summed E-state index contributed by atoms with van der Waals surface area (Å²) in [6.07, 6.45) is -9.33. The molecule has 1 aliphatic heterocycles. The van der Waals surface area contributed by atoms with Gasteiger partial charge in [-0.3, -0.25) is 9.53 Å². The van der Waals surface area contributed by atoms with Crippen LogP contribution in [0.3, 0.4) is 0 Å². The normalized spacial score (nSPS) is 20.6. The molecular formula is C21H19F5N2O6. The third-order valence-corrected chi connectivity index (χ3v) is 5.11. The summed E-state index contributed by atoms with van der Waals surface area (Å²) in [5.74, 6) is -0.299. The molecule has 2 aliphatic rings. The zero-order valence-electron chi connectivity index (χ0n) is 17.5. The highest BCUT2D eigenvalue weighted by Gasteiger charge is 2.43. The van der Waals surface area contributed by atoms with Crippen LogP contribution in [-0.2, 0) is 14.3 Å². The lowest BCUT2D eigenvalue weighted by molar-refractivity contribution is -0.357. The predicted molar refractivity (Wildman–Crippen MR) is 105 cm³/mol. The van der Waals surface area contributed by atoms with E-state index in [-0.39, 0.29) is 37.5 Å². The molecule has 4 rings (SSSR count). The Hall–Kier alpha value is -3.19. The number of carbonyl (C=O) groups excluding carboxylic acids is 1. The van der Waals surface area contributed by atoms with Gasteiger partial charge in [-0.05, 0) is 30.2 Å². The third kappa shape index (κ3) is 6.03. The summed E-state index contributed by atoms with van der Waals surface area (Å²) in [4.78, 5) is 11.9. The highest BCUT2D eigenvalue weighted by Crippen LogP contribution is 2.43. The molecule has 0 spiro atoms. The Morgan fingerprint density at radius 1 is 1.18 bits per heavy atom. The third-order valence-electron chi connectivity index (χ3n) is 5.11. The van der Waals surface area contributed by atoms with E-state index >= 15 is 0 Å². The summed E-state index contributed by atoms with van der Waals surface area (Å²) in [6, 6.07) is 5.77. The molecule has 1 amide bonds. The summed E-state index contributed by atoms with van der Waals surface area (Å²) in [6.45, 7) is 3.80. The van der Waals surface area contributed by atoms with Gasteiger partial charge in [-0.15, -0.1) is 22.0 Å². The van der Waals surface area contributed by atoms with Gasteiger partial charge in [0.05, 0.1) is 12.2 Å². The van der Waals surface area contributed by atoms with Gasteiger partial charge in [-0.2, -0.15) is 0 Å². The van der Waals surface area contributed by atoms with Gasteiger partial charge in [-0.1, -0.05) is 11.7 Å². The number of carbonyl (C=O) groups is 1. The molecule has 2 aromatic rings. The van der Waals surface area contributed by atoms with E-state index in [9.17, 15) is 26.7 Å². The van der Waals surface area contributed by atoms with E-state index in [2.05, 4.69) is 31.3 Å². The molecule has 34 heavy (non-hydrogen) atoms. The van der Waals surface area contributed by atoms with Crippen LogP contribution < -0.4 is 14.8 Å². The summed E-state index contributed by atoms with van der Waals surface area (Å²) in [5.41, 5.74) is 1.36. The SMILES string of the molecule is C=C(CCNC(=O)COC1CC(OC(F)(F)F)C1)c1cc(-c2ccc3c(c2)OC(F)(F)O3)no1. The standard InChI is InChI=1S/C21H19F5N2O6/c1-11(4-5-27-19(29)10-30-13-7-14(8-13)31-20(22,23)24)17-9-15(28-34-17)12-2-3-16-18(6-12)33-21(25,26)32-16/h2-3,6,9,13-14H,1,4-5,7-8,10H2,(H,27,29). The number of benzene rings is 1. The van der Waals surface area contributed by atoms with Crippen LogP contribution in [0.4, 0.5) is 22.0 Å². The molecule has 1 fully saturated rings. The van der Waals surface area contributed by atoms with Crippen LogP contribution in [0.2, 0.25) is 0 Å². The minimum atomic E-state index is -4.68. The molecule has 0 radical (unpaired) electrons. The van der Waals surface area contributed by atoms with E-state index in [0.717, 1.165) is 0 Å². The smallest absolute Gasteiger partial charge is 0.395 e. The number of halogens is 5. The van der Waals surface area contributed by atoms with Gasteiger partial charge >= 0.3 is 12.7 Å². The molecule has 0 bridgehead atoms. The van der Waals surface area contributed by atoms with Crippen molar-refractivity contribution in [2.24, 2.45) is 0 Å². The first kappa shape index (κ1) is 24.0. The maximum atomic E-state index is 13.2. The maximum Gasteiger partial charge on any atom is 0.586 e. The molecule has 0 saturated heterocycles. The summed E-state index contributed by atoms with van der Waals surface area (Å²) in [7, 11) is 0. The number of aromatic nitrogens is 1. The molecule has 1 N–H and O–H groups in total. The van der Waals surface area contributed by atoms with Crippen LogP contribution in [0, 0.1) is 0 Å². The van der Waals surface area contributed by atoms with E-state index in [1.54, 1.807) is 6.07 Å². The number of hydrogen-bond donors (Lipinski definition) is 1. The number of nitrogens with one attached hydrogen (secondary N) is 1. The van der Waals surface area contributed by atoms with Crippen LogP contribution >= 0.6 is 0 Å². The van der Waals surface area contributed by atoms with Gasteiger partial charge in [0.15, 0.2) is 17.3 Å². The van der Waals surface area contributed by atoms with Gasteiger partial charge in [0.1, 0.15) is 12.3 Å². The van der Waals surface area contributed by atoms with Gasteiger partial charge < -0.3 is 24.1 Å². The Balaban J connectivity index is 1.18. The first-order chi connectivity index (χ1) is 16.0. The fourth-order valence-corrected chi connectivity index (χ4v) is 3.35. The highest BCUT2D eigenvalue weighted by molar-refractivity contribution is 5.77. The summed E-state index contributed by atoms with van der Waals surface area (Å²) in [5, 5.41) is 6.51. The van der Waals surface area contributed by atoms with Gasteiger partial charge in [-0.25, -0.2) is 0 Å². The lowest BCUT2D eigenvalue weighted by Gasteiger charge is -2.34. The van der Waals surface area contributed by atoms with Crippen molar-refractivity contribution in [1.82, 2.24) is 10.5 Å². The van der Waals surface area contributed by atoms with Crippen LogP contribution in [-0.4, -0.2) is 49.1 Å². The van der Waals surface area contributed by atoms with Crippen molar-refractivity contribution in [2.45, 2.75) is 44.1 Å². The fraction of sp³-hybridized carbons (Fsp3) is 0.429. The van der Waals surface area contributed by atoms with Crippen molar-refractivity contribution in [3.05, 3.63) is 36.6 Å². The van der Waals surface area contributed by atoms with E-state index < -0.39 is 30.8 Å². The average Bonchev–Trinajstić information content (AvgIpc) is 3.31. The second-order valence-electron chi connectivity index (χ2n) is 7.70. The second-order valence-corrected chi connectivity index (χ2v) is 7.70. The molecule has 2 heterocycles. The highest BCUT2D eigenvalue weighted by atomic mass is 19.4. The van der Waals surface area contributed by atoms with Gasteiger partial charge in [0.25, 0.3) is 0 Å². The van der Waals surface area contributed by atoms with E-state index in [1.165, 1.54) is 18.2 Å². The van der Waals surface area contributed by atoms with Gasteiger partial charge in [0, 0.05) is 31.0 Å². The van der Waals surface area contributed by atoms with Crippen molar-refractivity contribution < 1.29 is 50.2 Å². The van der Waals surface area contributed by atoms with Crippen LogP contribution in [0.25, 0.3) is 16.8 Å². The molecule has 1 aromatic heterocycles. The Labute approximate surface area is 189 Å². The zero-order valence-corrected chi connectivity index (χ0v) is 17.5. The molecule has 1 aliphatic carbocycles. The topological polar surface area (TPSA) is 92.1 Å². The van der Waals surface area contributed by atoms with Crippen molar-refractivity contribution in [2.75, 3.05) is 13.2 Å². The lowest BCUT2D eigenvalue weighted by Crippen LogP contribution is -2.42. The fourth-order valence-electron chi connectivity index (χ4n) is 3.35. The summed E-state index contributed by atoms with van der Waals surface area (Å²) >= 11 is 0. The Kier molecular flexibility index (Phi) is 6.49. The largest absolute Gasteiger partial charge is 0.586 e. The van der Waals surface area contributed by atoms with Gasteiger partial charge in [0.2, 0.25) is 5.91 Å². The van der Waals surface area contributed by atoms with E-state index in [1.807, 2.05) is 0 Å². The number of nitrogens with zero attached hydrogens (tertiary/aromatic N) is 1. The number of ether oxygens (including phenoxy) is 4. The van der Waals surface area contributed by atoms with Crippen LogP contribution in [0.15, 0.2) is 35.4 Å². The van der Waals surface area contributed by atoms with Crippen molar-refractivity contribution in [3.63, 3.8) is 0 Å². The molecule has 0 atom stereocenters. The maximum absolute atomic E-state index is 13.2. The minimum absolute atomic E-state index is 0.0726. The molecule has 1 saturated carbocycles. The molecule has 8 nitrogen and oxygen atoms in total. The minimum Gasteiger partial charge on any atom is -0.395 e. The first-order valence-electron chi connectivity index (χ1n) is 10.2. The van der Waals surface area contributed by atoms with Crippen molar-refractivity contribution in [3.8, 4) is 22.8 Å². The lowest BCUT2D eigenvalue weighted by atomic mass is 9.92. The van der Waals surface area contributed by atoms with E-state index in [0.29, 0.717) is 29.0 Å². The number of rotatable bonds is 9. The Bertz CT molecular complexity index is 1060. The quantitative estimate of drug-likeness (QED) is 0.525. The van der Waals surface area contributed by atoms with Crippen molar-refractivity contribution in [1.29, 1.82) is 0 Å². The Morgan fingerprint density at radius 2 is 1.91 bits per heavy atom. The molecule has 1 aromatic carbocycles. The molecule has 13 heteroatoms. The van der Waals surface area contributed by atoms with E-state index in [4.69, 9.17) is 9.26 Å². The predicted octanol–water partition coefficient (Wildman–Crippen LogP) is 4.27. The molecular weight excluding hydrogens is 471 g/mol. The molecule has 184 valence electrons. The summed E-state index contributed by atoms with van der Waals surface area (Å²) < 4.78 is 85.7. The first-order valence-corrected chi connectivity index (χ1v) is 10.2. The number of fused-ring (bicyclic) bond motifs is 1. The second kappa shape index (κ2) is 9.22. The Morgan fingerprint density at radius 3 is 2.65 bits per heavy atom. The zero-order chi connectivity index (χ0) is 24.5. The van der Waals surface area contributed by atoms with Crippen LogP contribution in [0.1, 0.15) is 25.0 Å². The average molecular weight is 490 g/mol. The number of hydrogen-bond acceptors (Lipinski definition) is 7. The van der Waals surface area contributed by atoms with Crippen LogP contribution in [0.5, 0.6) is 11.5 Å². The monoisotopic (exact) mass is 490 g/mol. The van der Waals surface area contributed by atoms with Crippen molar-refractivity contribution >= 4 is 11.5 Å². The molecule has 0 unspecified atom stereocenters. The number of amides is 1.